The van der Waals surface area contributed by atoms with E-state index in [4.69, 9.17) is 16.3 Å². The van der Waals surface area contributed by atoms with Crippen molar-refractivity contribution in [1.29, 1.82) is 0 Å². The quantitative estimate of drug-likeness (QED) is 0.596. The van der Waals surface area contributed by atoms with Gasteiger partial charge in [0, 0.05) is 11.3 Å². The van der Waals surface area contributed by atoms with Crippen molar-refractivity contribution >= 4 is 38.9 Å². The third-order valence-corrected chi connectivity index (χ3v) is 5.76. The summed E-state index contributed by atoms with van der Waals surface area (Å²) in [6.45, 7) is 0. The summed E-state index contributed by atoms with van der Waals surface area (Å²) in [6, 6.07) is 15.6. The van der Waals surface area contributed by atoms with E-state index in [1.807, 2.05) is 0 Å². The minimum absolute atomic E-state index is 0.0408. The van der Waals surface area contributed by atoms with Crippen LogP contribution in [-0.4, -0.2) is 21.4 Å². The topological polar surface area (TPSA) is 84.5 Å². The summed E-state index contributed by atoms with van der Waals surface area (Å²) in [7, 11) is -2.70. The molecule has 2 N–H and O–H groups in total. The van der Waals surface area contributed by atoms with Gasteiger partial charge in [0.15, 0.2) is 0 Å². The van der Waals surface area contributed by atoms with Crippen LogP contribution in [0, 0.1) is 5.82 Å². The lowest BCUT2D eigenvalue weighted by atomic mass is 10.2. The largest absolute Gasteiger partial charge is 0.495 e. The van der Waals surface area contributed by atoms with Gasteiger partial charge >= 0.3 is 0 Å². The number of nitrogens with one attached hydrogen (secondary N) is 2. The van der Waals surface area contributed by atoms with E-state index < -0.39 is 21.7 Å². The molecule has 3 rings (SSSR count). The van der Waals surface area contributed by atoms with Crippen molar-refractivity contribution in [2.24, 2.45) is 0 Å². The molecular formula is C20H16ClFN2O4S. The molecule has 0 aliphatic rings. The molecule has 0 aliphatic heterocycles. The second kappa shape index (κ2) is 8.50. The molecule has 1 amide bonds. The number of carbonyl (C=O) groups excluding carboxylic acids is 1. The van der Waals surface area contributed by atoms with Crippen molar-refractivity contribution in [3.8, 4) is 5.75 Å². The summed E-state index contributed by atoms with van der Waals surface area (Å²) in [5, 5.41) is 2.45. The number of carbonyl (C=O) groups is 1. The fourth-order valence-corrected chi connectivity index (χ4v) is 4.15. The second-order valence-electron chi connectivity index (χ2n) is 5.92. The molecule has 0 aromatic heterocycles. The SMILES string of the molecule is COc1ccccc1NS(=O)(=O)c1cc(C(=O)Nc2cccc(F)c2)ccc1Cl. The summed E-state index contributed by atoms with van der Waals surface area (Å²) in [4.78, 5) is 12.2. The summed E-state index contributed by atoms with van der Waals surface area (Å²) in [5.74, 6) is -0.795. The number of amides is 1. The van der Waals surface area contributed by atoms with E-state index in [0.29, 0.717) is 5.75 Å². The Balaban J connectivity index is 1.90. The first-order valence-corrected chi connectivity index (χ1v) is 10.2. The number of hydrogen-bond donors (Lipinski definition) is 2. The summed E-state index contributed by atoms with van der Waals surface area (Å²) in [6.07, 6.45) is 0. The minimum Gasteiger partial charge on any atom is -0.495 e. The molecule has 0 atom stereocenters. The van der Waals surface area contributed by atoms with Crippen molar-refractivity contribution in [3.63, 3.8) is 0 Å². The van der Waals surface area contributed by atoms with Crippen LogP contribution in [0.4, 0.5) is 15.8 Å². The van der Waals surface area contributed by atoms with Gasteiger partial charge in [-0.2, -0.15) is 0 Å². The van der Waals surface area contributed by atoms with Gasteiger partial charge in [-0.05, 0) is 48.5 Å². The molecule has 0 bridgehead atoms. The van der Waals surface area contributed by atoms with E-state index in [1.165, 1.54) is 43.5 Å². The maximum Gasteiger partial charge on any atom is 0.263 e. The van der Waals surface area contributed by atoms with Gasteiger partial charge in [0.05, 0.1) is 17.8 Å². The van der Waals surface area contributed by atoms with Gasteiger partial charge in [-0.15, -0.1) is 0 Å². The summed E-state index contributed by atoms with van der Waals surface area (Å²) < 4.78 is 46.5. The van der Waals surface area contributed by atoms with Gasteiger partial charge in [0.1, 0.15) is 16.5 Å². The van der Waals surface area contributed by atoms with Crippen LogP contribution in [0.5, 0.6) is 5.75 Å². The maximum absolute atomic E-state index is 13.3. The number of para-hydroxylation sites is 2. The molecule has 3 aromatic carbocycles. The van der Waals surface area contributed by atoms with E-state index >= 15 is 0 Å². The Kier molecular flexibility index (Phi) is 6.05. The van der Waals surface area contributed by atoms with E-state index in [0.717, 1.165) is 12.1 Å². The molecule has 29 heavy (non-hydrogen) atoms. The van der Waals surface area contributed by atoms with Crippen molar-refractivity contribution in [1.82, 2.24) is 0 Å². The minimum atomic E-state index is -4.11. The Labute approximate surface area is 172 Å². The van der Waals surface area contributed by atoms with E-state index in [2.05, 4.69) is 10.0 Å². The number of halogens is 2. The lowest BCUT2D eigenvalue weighted by molar-refractivity contribution is 0.102. The summed E-state index contributed by atoms with van der Waals surface area (Å²) >= 11 is 6.07. The number of rotatable bonds is 6. The van der Waals surface area contributed by atoms with Gasteiger partial charge in [-0.1, -0.05) is 29.8 Å². The molecule has 0 saturated carbocycles. The first-order chi connectivity index (χ1) is 13.8. The van der Waals surface area contributed by atoms with E-state index in [-0.39, 0.29) is 26.9 Å². The van der Waals surface area contributed by atoms with Crippen molar-refractivity contribution in [2.75, 3.05) is 17.1 Å². The number of sulfonamides is 1. The molecule has 150 valence electrons. The highest BCUT2D eigenvalue weighted by molar-refractivity contribution is 7.92. The van der Waals surface area contributed by atoms with Crippen LogP contribution in [0.3, 0.4) is 0 Å². The van der Waals surface area contributed by atoms with Crippen LogP contribution in [0.25, 0.3) is 0 Å². The molecule has 3 aromatic rings. The van der Waals surface area contributed by atoms with E-state index in [9.17, 15) is 17.6 Å². The smallest absolute Gasteiger partial charge is 0.263 e. The molecule has 0 unspecified atom stereocenters. The molecule has 9 heteroatoms. The lowest BCUT2D eigenvalue weighted by Crippen LogP contribution is -2.17. The third-order valence-electron chi connectivity index (χ3n) is 3.92. The zero-order chi connectivity index (χ0) is 21.0. The van der Waals surface area contributed by atoms with Crippen molar-refractivity contribution in [3.05, 3.63) is 83.1 Å². The van der Waals surface area contributed by atoms with Crippen molar-refractivity contribution < 1.29 is 22.3 Å². The van der Waals surface area contributed by atoms with Crippen LogP contribution >= 0.6 is 11.6 Å². The predicted molar refractivity (Wildman–Crippen MR) is 110 cm³/mol. The Morgan fingerprint density at radius 3 is 2.52 bits per heavy atom. The molecule has 0 aliphatic carbocycles. The average Bonchev–Trinajstić information content (AvgIpc) is 2.68. The lowest BCUT2D eigenvalue weighted by Gasteiger charge is -2.13. The van der Waals surface area contributed by atoms with Gasteiger partial charge in [-0.25, -0.2) is 12.8 Å². The fourth-order valence-electron chi connectivity index (χ4n) is 2.55. The summed E-state index contributed by atoms with van der Waals surface area (Å²) in [5.41, 5.74) is 0.501. The highest BCUT2D eigenvalue weighted by atomic mass is 35.5. The van der Waals surface area contributed by atoms with Gasteiger partial charge in [-0.3, -0.25) is 9.52 Å². The number of ether oxygens (including phenoxy) is 1. The van der Waals surface area contributed by atoms with Crippen LogP contribution < -0.4 is 14.8 Å². The molecule has 0 heterocycles. The zero-order valence-electron chi connectivity index (χ0n) is 15.1. The Hall–Kier alpha value is -3.10. The van der Waals surface area contributed by atoms with Gasteiger partial charge < -0.3 is 10.1 Å². The highest BCUT2D eigenvalue weighted by Gasteiger charge is 2.22. The predicted octanol–water partition coefficient (Wildman–Crippen LogP) is 4.54. The van der Waals surface area contributed by atoms with E-state index in [1.54, 1.807) is 18.2 Å². The molecule has 6 nitrogen and oxygen atoms in total. The van der Waals surface area contributed by atoms with Crippen molar-refractivity contribution in [2.45, 2.75) is 4.90 Å². The molecule has 0 spiro atoms. The molecular weight excluding hydrogens is 419 g/mol. The first-order valence-electron chi connectivity index (χ1n) is 8.32. The number of benzene rings is 3. The van der Waals surface area contributed by atoms with Crippen LogP contribution in [-0.2, 0) is 10.0 Å². The number of methoxy groups -OCH3 is 1. The second-order valence-corrected chi connectivity index (χ2v) is 7.97. The number of hydrogen-bond acceptors (Lipinski definition) is 4. The van der Waals surface area contributed by atoms with Gasteiger partial charge in [0.2, 0.25) is 0 Å². The maximum atomic E-state index is 13.3. The monoisotopic (exact) mass is 434 g/mol. The first kappa shape index (κ1) is 20.6. The van der Waals surface area contributed by atoms with Crippen LogP contribution in [0.15, 0.2) is 71.6 Å². The normalized spacial score (nSPS) is 11.0. The average molecular weight is 435 g/mol. The zero-order valence-corrected chi connectivity index (χ0v) is 16.7. The number of anilines is 2. The Bertz CT molecular complexity index is 1170. The molecule has 0 radical (unpaired) electrons. The molecule has 0 fully saturated rings. The van der Waals surface area contributed by atoms with Crippen LogP contribution in [0.1, 0.15) is 10.4 Å². The Morgan fingerprint density at radius 2 is 1.79 bits per heavy atom. The molecule has 0 saturated heterocycles. The fraction of sp³-hybridized carbons (Fsp3) is 0.0500. The Morgan fingerprint density at radius 1 is 1.03 bits per heavy atom. The standard InChI is InChI=1S/C20H16ClFN2O4S/c1-28-18-8-3-2-7-17(18)24-29(26,27)19-11-13(9-10-16(19)21)20(25)23-15-6-4-5-14(22)12-15/h2-12,24H,1H3,(H,23,25). The van der Waals surface area contributed by atoms with Crippen LogP contribution in [0.2, 0.25) is 5.02 Å². The highest BCUT2D eigenvalue weighted by Crippen LogP contribution is 2.29. The third kappa shape index (κ3) is 4.85. The van der Waals surface area contributed by atoms with Gasteiger partial charge in [0.25, 0.3) is 15.9 Å².